The highest BCUT2D eigenvalue weighted by Crippen LogP contribution is 2.30. The van der Waals surface area contributed by atoms with Crippen LogP contribution in [-0.4, -0.2) is 10.9 Å². The van der Waals surface area contributed by atoms with Gasteiger partial charge >= 0.3 is 0 Å². The molecule has 0 spiro atoms. The molecule has 122 valence electrons. The number of hydrogen-bond acceptors (Lipinski definition) is 2. The van der Waals surface area contributed by atoms with Gasteiger partial charge in [0.1, 0.15) is 0 Å². The Labute approximate surface area is 140 Å². The van der Waals surface area contributed by atoms with Crippen molar-refractivity contribution < 1.29 is 4.79 Å². The summed E-state index contributed by atoms with van der Waals surface area (Å²) in [5.74, 6) is -0.182. The molecule has 4 heteroatoms. The van der Waals surface area contributed by atoms with Crippen LogP contribution in [0.3, 0.4) is 0 Å². The summed E-state index contributed by atoms with van der Waals surface area (Å²) >= 11 is 0. The monoisotopic (exact) mass is 320 g/mol. The molecule has 3 aromatic rings. The van der Waals surface area contributed by atoms with E-state index in [4.69, 9.17) is 0 Å². The van der Waals surface area contributed by atoms with Crippen molar-refractivity contribution in [1.29, 1.82) is 0 Å². The summed E-state index contributed by atoms with van der Waals surface area (Å²) in [6.07, 6.45) is 1.75. The summed E-state index contributed by atoms with van der Waals surface area (Å²) in [5.41, 5.74) is 3.67. The fraction of sp³-hybridized carbons (Fsp3) is 0.200. The molecule has 0 unspecified atom stereocenters. The highest BCUT2D eigenvalue weighted by molar-refractivity contribution is 6.00. The van der Waals surface area contributed by atoms with Gasteiger partial charge < -0.3 is 10.3 Å². The van der Waals surface area contributed by atoms with Crippen molar-refractivity contribution in [3.05, 3.63) is 64.6 Å². The average Bonchev–Trinajstić information content (AvgIpc) is 2.56. The largest absolute Gasteiger partial charge is 0.328 e. The number of aromatic nitrogens is 1. The normalized spacial score (nSPS) is 11.0. The van der Waals surface area contributed by atoms with Crippen LogP contribution in [0, 0.1) is 12.8 Å². The fourth-order valence-electron chi connectivity index (χ4n) is 2.72. The van der Waals surface area contributed by atoms with Crippen molar-refractivity contribution in [2.45, 2.75) is 20.8 Å². The molecular weight excluding hydrogens is 300 g/mol. The van der Waals surface area contributed by atoms with Crippen molar-refractivity contribution in [3.63, 3.8) is 0 Å². The predicted molar refractivity (Wildman–Crippen MR) is 98.2 cm³/mol. The molecule has 2 aromatic carbocycles. The first-order chi connectivity index (χ1) is 11.5. The minimum absolute atomic E-state index is 0.0687. The minimum Gasteiger partial charge on any atom is -0.328 e. The van der Waals surface area contributed by atoms with E-state index < -0.39 is 0 Å². The standard InChI is InChI=1S/C20H20N2O2/c1-12(2)19(23)22-14-8-9-16-17(10-14)20(24)21-11-18(16)15-7-5-4-6-13(15)3/h4-12H,1-3H3,(H,21,24)(H,22,23). The molecule has 1 heterocycles. The van der Waals surface area contributed by atoms with E-state index in [0.717, 1.165) is 22.1 Å². The zero-order valence-corrected chi connectivity index (χ0v) is 14.0. The Bertz CT molecular complexity index is 971. The summed E-state index contributed by atoms with van der Waals surface area (Å²) in [6, 6.07) is 13.5. The molecule has 3 rings (SSSR count). The van der Waals surface area contributed by atoms with Gasteiger partial charge in [-0.25, -0.2) is 0 Å². The van der Waals surface area contributed by atoms with Crippen LogP contribution in [0.4, 0.5) is 5.69 Å². The van der Waals surface area contributed by atoms with Crippen LogP contribution in [-0.2, 0) is 4.79 Å². The Morgan fingerprint density at radius 1 is 1.04 bits per heavy atom. The van der Waals surface area contributed by atoms with Gasteiger partial charge in [-0.3, -0.25) is 9.59 Å². The van der Waals surface area contributed by atoms with Crippen LogP contribution in [0.25, 0.3) is 21.9 Å². The minimum atomic E-state index is -0.164. The van der Waals surface area contributed by atoms with Crippen molar-refractivity contribution >= 4 is 22.4 Å². The van der Waals surface area contributed by atoms with Crippen LogP contribution >= 0.6 is 0 Å². The second-order valence-corrected chi connectivity index (χ2v) is 6.25. The maximum absolute atomic E-state index is 12.3. The maximum atomic E-state index is 12.3. The molecule has 1 amide bonds. The molecule has 1 aromatic heterocycles. The van der Waals surface area contributed by atoms with E-state index >= 15 is 0 Å². The Hall–Kier alpha value is -2.88. The van der Waals surface area contributed by atoms with Crippen LogP contribution in [0.5, 0.6) is 0 Å². The number of hydrogen-bond donors (Lipinski definition) is 2. The van der Waals surface area contributed by atoms with Gasteiger partial charge in [0, 0.05) is 28.8 Å². The fourth-order valence-corrected chi connectivity index (χ4v) is 2.72. The number of carbonyl (C=O) groups is 1. The van der Waals surface area contributed by atoms with E-state index in [2.05, 4.69) is 10.3 Å². The molecule has 0 fully saturated rings. The molecule has 0 saturated carbocycles. The number of H-pyrrole nitrogens is 1. The summed E-state index contributed by atoms with van der Waals surface area (Å²) < 4.78 is 0. The smallest absolute Gasteiger partial charge is 0.255 e. The molecule has 0 aliphatic heterocycles. The van der Waals surface area contributed by atoms with Crippen LogP contribution < -0.4 is 10.9 Å². The van der Waals surface area contributed by atoms with Gasteiger partial charge in [0.15, 0.2) is 0 Å². The van der Waals surface area contributed by atoms with Crippen LogP contribution in [0.2, 0.25) is 0 Å². The summed E-state index contributed by atoms with van der Waals surface area (Å²) in [7, 11) is 0. The molecule has 0 atom stereocenters. The Balaban J connectivity index is 2.15. The van der Waals surface area contributed by atoms with E-state index in [1.54, 1.807) is 12.3 Å². The van der Waals surface area contributed by atoms with E-state index in [-0.39, 0.29) is 17.4 Å². The van der Waals surface area contributed by atoms with Gasteiger partial charge in [-0.15, -0.1) is 0 Å². The molecule has 0 saturated heterocycles. The van der Waals surface area contributed by atoms with E-state index in [0.29, 0.717) is 11.1 Å². The Morgan fingerprint density at radius 2 is 1.79 bits per heavy atom. The number of aromatic amines is 1. The molecule has 0 aliphatic rings. The van der Waals surface area contributed by atoms with Gasteiger partial charge in [-0.2, -0.15) is 0 Å². The lowest BCUT2D eigenvalue weighted by molar-refractivity contribution is -0.118. The molecule has 0 bridgehead atoms. The van der Waals surface area contributed by atoms with Gasteiger partial charge in [0.25, 0.3) is 5.56 Å². The predicted octanol–water partition coefficient (Wildman–Crippen LogP) is 4.10. The van der Waals surface area contributed by atoms with E-state index in [1.165, 1.54) is 0 Å². The molecule has 2 N–H and O–H groups in total. The summed E-state index contributed by atoms with van der Waals surface area (Å²) in [6.45, 7) is 5.71. The lowest BCUT2D eigenvalue weighted by Crippen LogP contribution is -2.18. The van der Waals surface area contributed by atoms with E-state index in [1.807, 2.05) is 57.2 Å². The van der Waals surface area contributed by atoms with Crippen molar-refractivity contribution in [1.82, 2.24) is 4.98 Å². The first kappa shape index (κ1) is 16.0. The molecule has 0 aliphatic carbocycles. The van der Waals surface area contributed by atoms with Crippen molar-refractivity contribution in [3.8, 4) is 11.1 Å². The third-order valence-electron chi connectivity index (χ3n) is 4.13. The number of anilines is 1. The SMILES string of the molecule is Cc1ccccc1-c1c[nH]c(=O)c2cc(NC(=O)C(C)C)ccc12. The highest BCUT2D eigenvalue weighted by Gasteiger charge is 2.11. The Morgan fingerprint density at radius 3 is 2.50 bits per heavy atom. The number of benzene rings is 2. The quantitative estimate of drug-likeness (QED) is 0.763. The summed E-state index contributed by atoms with van der Waals surface area (Å²) in [4.78, 5) is 26.9. The second kappa shape index (κ2) is 6.32. The number of aryl methyl sites for hydroxylation is 1. The topological polar surface area (TPSA) is 62.0 Å². The van der Waals surface area contributed by atoms with Crippen LogP contribution in [0.15, 0.2) is 53.5 Å². The number of nitrogens with one attached hydrogen (secondary N) is 2. The third-order valence-corrected chi connectivity index (χ3v) is 4.13. The molecule has 24 heavy (non-hydrogen) atoms. The lowest BCUT2D eigenvalue weighted by atomic mass is 9.97. The number of rotatable bonds is 3. The molecular formula is C20H20N2O2. The number of amides is 1. The second-order valence-electron chi connectivity index (χ2n) is 6.25. The molecule has 4 nitrogen and oxygen atoms in total. The first-order valence-corrected chi connectivity index (χ1v) is 7.99. The van der Waals surface area contributed by atoms with Crippen LogP contribution in [0.1, 0.15) is 19.4 Å². The van der Waals surface area contributed by atoms with E-state index in [9.17, 15) is 9.59 Å². The molecule has 0 radical (unpaired) electrons. The maximum Gasteiger partial charge on any atom is 0.255 e. The van der Waals surface area contributed by atoms with Gasteiger partial charge in [0.2, 0.25) is 5.91 Å². The zero-order valence-electron chi connectivity index (χ0n) is 14.0. The number of carbonyl (C=O) groups excluding carboxylic acids is 1. The summed E-state index contributed by atoms with van der Waals surface area (Å²) in [5, 5.41) is 4.28. The highest BCUT2D eigenvalue weighted by atomic mass is 16.1. The van der Waals surface area contributed by atoms with Crippen molar-refractivity contribution in [2.75, 3.05) is 5.32 Å². The van der Waals surface area contributed by atoms with Crippen molar-refractivity contribution in [2.24, 2.45) is 5.92 Å². The van der Waals surface area contributed by atoms with Gasteiger partial charge in [-0.05, 0) is 35.6 Å². The number of fused-ring (bicyclic) bond motifs is 1. The van der Waals surface area contributed by atoms with Gasteiger partial charge in [-0.1, -0.05) is 44.2 Å². The first-order valence-electron chi connectivity index (χ1n) is 7.99. The third kappa shape index (κ3) is 2.95. The van der Waals surface area contributed by atoms with Gasteiger partial charge in [0.05, 0.1) is 0 Å². The average molecular weight is 320 g/mol. The lowest BCUT2D eigenvalue weighted by Gasteiger charge is -2.12. The Kier molecular flexibility index (Phi) is 4.21. The zero-order chi connectivity index (χ0) is 17.3. The number of pyridine rings is 1.